The van der Waals surface area contributed by atoms with E-state index in [2.05, 4.69) is 92.9 Å². The lowest BCUT2D eigenvalue weighted by Gasteiger charge is -2.53. The second kappa shape index (κ2) is 11.4. The molecular weight excluding hydrogens is 496 g/mol. The van der Waals surface area contributed by atoms with Crippen LogP contribution in [0, 0.1) is 34.5 Å². The molecule has 5 nitrogen and oxygen atoms in total. The van der Waals surface area contributed by atoms with Gasteiger partial charge in [-0.1, -0.05) is 66.7 Å². The number of aliphatic hydroxyl groups excluding tert-OH is 1. The van der Waals surface area contributed by atoms with Gasteiger partial charge in [0.15, 0.2) is 0 Å². The van der Waals surface area contributed by atoms with E-state index in [1.807, 2.05) is 0 Å². The molecule has 1 fully saturated rings. The highest BCUT2D eigenvalue weighted by Crippen LogP contribution is 2.51. The van der Waals surface area contributed by atoms with Gasteiger partial charge in [0.05, 0.1) is 11.7 Å². The summed E-state index contributed by atoms with van der Waals surface area (Å²) >= 11 is 0. The molecule has 1 heterocycles. The van der Waals surface area contributed by atoms with Gasteiger partial charge in [0.2, 0.25) is 18.1 Å². The summed E-state index contributed by atoms with van der Waals surface area (Å²) in [5.41, 5.74) is 0.747. The van der Waals surface area contributed by atoms with Crippen molar-refractivity contribution in [2.75, 3.05) is 0 Å². The van der Waals surface area contributed by atoms with E-state index in [0.29, 0.717) is 5.92 Å². The quantitative estimate of drug-likeness (QED) is 0.288. The number of allylic oxidation sites excluding steroid dienone is 2. The van der Waals surface area contributed by atoms with E-state index in [4.69, 9.17) is 13.6 Å². The first-order valence-corrected chi connectivity index (χ1v) is 19.0. The Morgan fingerprint density at radius 1 is 1.05 bits per heavy atom. The summed E-state index contributed by atoms with van der Waals surface area (Å²) in [5.74, 6) is 0.319. The fourth-order valence-corrected chi connectivity index (χ4v) is 8.61. The molecule has 37 heavy (non-hydrogen) atoms. The number of fused-ring (bicyclic) bond motifs is 1. The normalized spacial score (nSPS) is 37.0. The predicted octanol–water partition coefficient (Wildman–Crippen LogP) is 6.56. The molecule has 0 amide bonds. The maximum Gasteiger partial charge on any atom is 0.334 e. The molecule has 0 aromatic carbocycles. The summed E-state index contributed by atoms with van der Waals surface area (Å²) in [6, 6.07) is 0. The van der Waals surface area contributed by atoms with Gasteiger partial charge in [-0.3, -0.25) is 0 Å². The van der Waals surface area contributed by atoms with Crippen LogP contribution in [0.15, 0.2) is 23.8 Å². The number of hydrogen-bond acceptors (Lipinski definition) is 5. The minimum atomic E-state index is -1.05. The fraction of sp³-hybridized carbons (Fsp3) is 0.833. The lowest BCUT2D eigenvalue weighted by Crippen LogP contribution is -2.57. The van der Waals surface area contributed by atoms with Gasteiger partial charge in [-0.15, -0.1) is 0 Å². The van der Waals surface area contributed by atoms with E-state index in [1.165, 1.54) is 5.57 Å². The maximum absolute atomic E-state index is 13.2. The minimum Gasteiger partial charge on any atom is -0.460 e. The molecule has 0 spiro atoms. The van der Waals surface area contributed by atoms with Gasteiger partial charge < -0.3 is 18.7 Å². The van der Waals surface area contributed by atoms with Crippen LogP contribution in [-0.2, 0) is 18.4 Å². The number of carbonyl (C=O) groups is 1. The van der Waals surface area contributed by atoms with E-state index < -0.39 is 35.9 Å². The Bertz CT molecular complexity index is 868. The van der Waals surface area contributed by atoms with Crippen molar-refractivity contribution >= 4 is 24.0 Å². The maximum atomic E-state index is 13.2. The second-order valence-electron chi connectivity index (χ2n) is 14.3. The Labute approximate surface area is 229 Å². The molecular formula is C30H52O5Si2. The third-order valence-corrected chi connectivity index (χ3v) is 10.3. The van der Waals surface area contributed by atoms with Crippen molar-refractivity contribution in [2.45, 2.75) is 124 Å². The van der Waals surface area contributed by atoms with E-state index in [-0.39, 0.29) is 40.7 Å². The summed E-state index contributed by atoms with van der Waals surface area (Å²) in [7, 11) is -2.08. The average Bonchev–Trinajstić information content (AvgIpc) is 2.73. The first-order valence-electron chi connectivity index (χ1n) is 14.2. The van der Waals surface area contributed by atoms with Crippen LogP contribution >= 0.6 is 0 Å². The predicted molar refractivity (Wildman–Crippen MR) is 154 cm³/mol. The molecule has 1 aliphatic heterocycles. The molecule has 0 aromatic rings. The number of esters is 1. The van der Waals surface area contributed by atoms with E-state index in [9.17, 15) is 9.90 Å². The van der Waals surface area contributed by atoms with Gasteiger partial charge in [0.1, 0.15) is 12.2 Å². The van der Waals surface area contributed by atoms with E-state index >= 15 is 0 Å². The molecule has 1 N–H and O–H groups in total. The Balaban J connectivity index is 1.90. The molecule has 0 saturated carbocycles. The van der Waals surface area contributed by atoms with Crippen LogP contribution in [0.25, 0.3) is 0 Å². The Morgan fingerprint density at radius 3 is 2.24 bits per heavy atom. The van der Waals surface area contributed by atoms with Crippen molar-refractivity contribution in [2.24, 2.45) is 34.5 Å². The van der Waals surface area contributed by atoms with Crippen LogP contribution in [0.5, 0.6) is 0 Å². The molecule has 2 radical (unpaired) electrons. The number of cyclic esters (lactones) is 1. The number of rotatable bonds is 7. The average molecular weight is 549 g/mol. The highest BCUT2D eigenvalue weighted by molar-refractivity contribution is 6.48. The highest BCUT2D eigenvalue weighted by atomic mass is 28.3. The van der Waals surface area contributed by atoms with Crippen molar-refractivity contribution in [3.8, 4) is 0 Å². The lowest BCUT2D eigenvalue weighted by molar-refractivity contribution is -0.178. The Kier molecular flexibility index (Phi) is 9.49. The number of aliphatic hydroxyl groups is 1. The van der Waals surface area contributed by atoms with Crippen LogP contribution in [0.2, 0.25) is 26.2 Å². The Hall–Kier alpha value is -0.736. The first kappa shape index (κ1) is 30.8. The zero-order valence-corrected chi connectivity index (χ0v) is 27.2. The smallest absolute Gasteiger partial charge is 0.334 e. The van der Waals surface area contributed by atoms with Gasteiger partial charge in [-0.05, 0) is 74.2 Å². The van der Waals surface area contributed by atoms with Gasteiger partial charge in [0, 0.05) is 17.8 Å². The van der Waals surface area contributed by atoms with Crippen LogP contribution in [0.4, 0.5) is 0 Å². The molecule has 1 saturated heterocycles. The number of carbonyl (C=O) groups excluding carboxylic acids is 1. The topological polar surface area (TPSA) is 65.0 Å². The standard InChI is InChI=1S/C30H52O5Si2/c1-19-12-13-20-16-21(28(2,3)4)17-24(31)25(20)30(19,35-37(10)11)15-14-22-18-23(29(5,6)7)26(27(32)33-22)34-36(8)9/h12-13,16,19,21-26,31H,14-15,17-18H2,1-11H3/t19-,21+,22+,23-,24-,25+,26?,30-/m0/s1. The zero-order valence-electron chi connectivity index (χ0n) is 25.2. The molecule has 1 unspecified atom stereocenters. The first-order chi connectivity index (χ1) is 17.0. The number of ether oxygens (including phenoxy) is 1. The molecule has 210 valence electrons. The third kappa shape index (κ3) is 6.89. The van der Waals surface area contributed by atoms with Crippen LogP contribution in [-0.4, -0.2) is 53.1 Å². The molecule has 8 atom stereocenters. The zero-order chi connectivity index (χ0) is 27.9. The van der Waals surface area contributed by atoms with Gasteiger partial charge in [-0.25, -0.2) is 4.79 Å². The lowest BCUT2D eigenvalue weighted by atomic mass is 9.60. The summed E-state index contributed by atoms with van der Waals surface area (Å²) < 4.78 is 19.1. The minimum absolute atomic E-state index is 0.0603. The van der Waals surface area contributed by atoms with Crippen molar-refractivity contribution in [1.82, 2.24) is 0 Å². The highest BCUT2D eigenvalue weighted by Gasteiger charge is 2.53. The molecule has 0 bridgehead atoms. The molecule has 3 aliphatic rings. The molecule has 2 aliphatic carbocycles. The largest absolute Gasteiger partial charge is 0.460 e. The van der Waals surface area contributed by atoms with E-state index in [1.54, 1.807) is 0 Å². The fourth-order valence-electron chi connectivity index (χ4n) is 6.67. The van der Waals surface area contributed by atoms with Gasteiger partial charge in [0.25, 0.3) is 0 Å². The molecule has 7 heteroatoms. The van der Waals surface area contributed by atoms with Crippen LogP contribution < -0.4 is 0 Å². The van der Waals surface area contributed by atoms with Crippen LogP contribution in [0.3, 0.4) is 0 Å². The summed E-state index contributed by atoms with van der Waals surface area (Å²) in [6.07, 6.45) is 8.82. The second-order valence-corrected chi connectivity index (χ2v) is 18.4. The van der Waals surface area contributed by atoms with Crippen molar-refractivity contribution in [3.63, 3.8) is 0 Å². The molecule has 3 rings (SSSR count). The van der Waals surface area contributed by atoms with Crippen molar-refractivity contribution < 1.29 is 23.5 Å². The monoisotopic (exact) mass is 548 g/mol. The van der Waals surface area contributed by atoms with Crippen molar-refractivity contribution in [3.05, 3.63) is 23.8 Å². The molecule has 0 aromatic heterocycles. The van der Waals surface area contributed by atoms with Gasteiger partial charge in [-0.2, -0.15) is 0 Å². The summed E-state index contributed by atoms with van der Waals surface area (Å²) in [4.78, 5) is 13.2. The van der Waals surface area contributed by atoms with Crippen molar-refractivity contribution in [1.29, 1.82) is 0 Å². The van der Waals surface area contributed by atoms with E-state index in [0.717, 1.165) is 25.7 Å². The third-order valence-electron chi connectivity index (χ3n) is 8.74. The summed E-state index contributed by atoms with van der Waals surface area (Å²) in [6.45, 7) is 24.1. The number of hydrogen-bond donors (Lipinski definition) is 1. The Morgan fingerprint density at radius 2 is 1.70 bits per heavy atom. The van der Waals surface area contributed by atoms with Gasteiger partial charge >= 0.3 is 5.97 Å². The SMILES string of the molecule is C[C@H]1C=CC2=C[C@@H](C(C)(C)C)C[C@H](O)[C@@H]2[C@@]1(CC[C@@H]1C[C@H](C(C)(C)C)C(O[Si](C)C)C(=O)O1)O[Si](C)C. The van der Waals surface area contributed by atoms with Crippen LogP contribution in [0.1, 0.15) is 74.1 Å². The summed E-state index contributed by atoms with van der Waals surface area (Å²) in [5, 5.41) is 11.6.